The summed E-state index contributed by atoms with van der Waals surface area (Å²) in [6.45, 7) is 7.42. The molecule has 1 saturated heterocycles. The van der Waals surface area contributed by atoms with E-state index in [1.807, 2.05) is 42.5 Å². The molecule has 0 bridgehead atoms. The largest absolute Gasteiger partial charge is 0.373 e. The molecule has 1 aromatic carbocycles. The van der Waals surface area contributed by atoms with Crippen LogP contribution >= 0.6 is 0 Å². The minimum atomic E-state index is -0.0779. The fourth-order valence-corrected chi connectivity index (χ4v) is 3.21. The fraction of sp³-hybridized carbons (Fsp3) is 0.400. The Hall–Kier alpha value is -2.24. The zero-order valence-corrected chi connectivity index (χ0v) is 14.8. The van der Waals surface area contributed by atoms with Crippen molar-refractivity contribution in [3.05, 3.63) is 65.5 Å². The lowest BCUT2D eigenvalue weighted by Crippen LogP contribution is -2.44. The number of hydrogen-bond donors (Lipinski definition) is 1. The number of aromatic nitrogens is 1. The molecular formula is C20H25N3O2. The van der Waals surface area contributed by atoms with Crippen molar-refractivity contribution in [2.24, 2.45) is 0 Å². The molecule has 2 atom stereocenters. The molecule has 1 aliphatic heterocycles. The summed E-state index contributed by atoms with van der Waals surface area (Å²) in [5.74, 6) is -0.0779. The number of benzene rings is 1. The van der Waals surface area contributed by atoms with Crippen molar-refractivity contribution in [1.29, 1.82) is 0 Å². The Kier molecular flexibility index (Phi) is 5.79. The number of morpholine rings is 1. The standard InChI is InChI=1S/C20H25N3O2/c1-15-12-23(13-16(2)25-15)14-17-6-8-18(9-7-17)20(24)22-11-19-5-3-4-10-21-19/h3-10,15-16H,11-14H2,1-2H3,(H,22,24). The van der Waals surface area contributed by atoms with Gasteiger partial charge in [0.1, 0.15) is 0 Å². The lowest BCUT2D eigenvalue weighted by Gasteiger charge is -2.35. The molecule has 1 N–H and O–H groups in total. The molecule has 2 unspecified atom stereocenters. The molecule has 2 heterocycles. The first-order valence-corrected chi connectivity index (χ1v) is 8.75. The van der Waals surface area contributed by atoms with E-state index in [-0.39, 0.29) is 18.1 Å². The van der Waals surface area contributed by atoms with Crippen molar-refractivity contribution in [1.82, 2.24) is 15.2 Å². The normalized spacial score (nSPS) is 21.0. The third-order valence-electron chi connectivity index (χ3n) is 4.27. The van der Waals surface area contributed by atoms with Crippen LogP contribution in [0.15, 0.2) is 48.7 Å². The van der Waals surface area contributed by atoms with Gasteiger partial charge in [-0.2, -0.15) is 0 Å². The van der Waals surface area contributed by atoms with Crippen LogP contribution in [0.5, 0.6) is 0 Å². The summed E-state index contributed by atoms with van der Waals surface area (Å²) in [4.78, 5) is 18.8. The second kappa shape index (κ2) is 8.23. The number of carbonyl (C=O) groups is 1. The maximum atomic E-state index is 12.2. The van der Waals surface area contributed by atoms with Crippen molar-refractivity contribution in [3.8, 4) is 0 Å². The van der Waals surface area contributed by atoms with Crippen LogP contribution in [0.1, 0.15) is 35.5 Å². The van der Waals surface area contributed by atoms with Gasteiger partial charge in [-0.05, 0) is 43.7 Å². The Morgan fingerprint density at radius 3 is 2.52 bits per heavy atom. The molecule has 0 radical (unpaired) electrons. The van der Waals surface area contributed by atoms with Gasteiger partial charge in [-0.25, -0.2) is 0 Å². The number of nitrogens with one attached hydrogen (secondary N) is 1. The summed E-state index contributed by atoms with van der Waals surface area (Å²) in [5.41, 5.74) is 2.73. The van der Waals surface area contributed by atoms with Gasteiger partial charge in [-0.3, -0.25) is 14.7 Å². The summed E-state index contributed by atoms with van der Waals surface area (Å²) in [5, 5.41) is 2.90. The van der Waals surface area contributed by atoms with Gasteiger partial charge in [-0.15, -0.1) is 0 Å². The molecule has 132 valence electrons. The number of amides is 1. The van der Waals surface area contributed by atoms with E-state index in [1.54, 1.807) is 6.20 Å². The molecule has 1 fully saturated rings. The first-order valence-electron chi connectivity index (χ1n) is 8.75. The zero-order chi connectivity index (χ0) is 17.6. The molecule has 5 nitrogen and oxygen atoms in total. The molecule has 25 heavy (non-hydrogen) atoms. The lowest BCUT2D eigenvalue weighted by atomic mass is 10.1. The van der Waals surface area contributed by atoms with Crippen LogP contribution in [0.2, 0.25) is 0 Å². The van der Waals surface area contributed by atoms with E-state index in [9.17, 15) is 4.79 Å². The van der Waals surface area contributed by atoms with Gasteiger partial charge in [0.05, 0.1) is 24.4 Å². The van der Waals surface area contributed by atoms with Crippen LogP contribution in [0.4, 0.5) is 0 Å². The van der Waals surface area contributed by atoms with Crippen molar-refractivity contribution in [2.45, 2.75) is 39.1 Å². The Labute approximate surface area is 149 Å². The highest BCUT2D eigenvalue weighted by atomic mass is 16.5. The van der Waals surface area contributed by atoms with Crippen LogP contribution in [0, 0.1) is 0 Å². The predicted molar refractivity (Wildman–Crippen MR) is 97.1 cm³/mol. The van der Waals surface area contributed by atoms with Crippen molar-refractivity contribution >= 4 is 5.91 Å². The van der Waals surface area contributed by atoms with Crippen LogP contribution in [-0.4, -0.2) is 41.1 Å². The summed E-state index contributed by atoms with van der Waals surface area (Å²) in [7, 11) is 0. The van der Waals surface area contributed by atoms with Crippen LogP contribution in [0.25, 0.3) is 0 Å². The number of carbonyl (C=O) groups excluding carboxylic acids is 1. The molecule has 2 aromatic rings. The van der Waals surface area contributed by atoms with E-state index < -0.39 is 0 Å². The SMILES string of the molecule is CC1CN(Cc2ccc(C(=O)NCc3ccccn3)cc2)CC(C)O1. The number of ether oxygens (including phenoxy) is 1. The minimum absolute atomic E-state index is 0.0779. The average Bonchev–Trinajstić information content (AvgIpc) is 2.60. The highest BCUT2D eigenvalue weighted by Gasteiger charge is 2.22. The van der Waals surface area contributed by atoms with Gasteiger partial charge >= 0.3 is 0 Å². The fourth-order valence-electron chi connectivity index (χ4n) is 3.21. The number of nitrogens with zero attached hydrogens (tertiary/aromatic N) is 2. The monoisotopic (exact) mass is 339 g/mol. The topological polar surface area (TPSA) is 54.5 Å². The maximum Gasteiger partial charge on any atom is 0.251 e. The predicted octanol–water partition coefficient (Wildman–Crippen LogP) is 2.62. The van der Waals surface area contributed by atoms with Crippen LogP contribution in [0.3, 0.4) is 0 Å². The van der Waals surface area contributed by atoms with E-state index in [4.69, 9.17) is 4.74 Å². The number of rotatable bonds is 5. The molecule has 5 heteroatoms. The van der Waals surface area contributed by atoms with Gasteiger partial charge in [0, 0.05) is 31.4 Å². The Balaban J connectivity index is 1.53. The molecule has 0 spiro atoms. The van der Waals surface area contributed by atoms with Crippen LogP contribution < -0.4 is 5.32 Å². The number of pyridine rings is 1. The van der Waals surface area contributed by atoms with Crippen molar-refractivity contribution in [3.63, 3.8) is 0 Å². The third-order valence-corrected chi connectivity index (χ3v) is 4.27. The summed E-state index contributed by atoms with van der Waals surface area (Å²) in [6.07, 6.45) is 2.25. The van der Waals surface area contributed by atoms with Crippen molar-refractivity contribution < 1.29 is 9.53 Å². The van der Waals surface area contributed by atoms with E-state index in [0.29, 0.717) is 12.1 Å². The highest BCUT2D eigenvalue weighted by molar-refractivity contribution is 5.94. The summed E-state index contributed by atoms with van der Waals surface area (Å²) < 4.78 is 5.77. The van der Waals surface area contributed by atoms with Gasteiger partial charge < -0.3 is 10.1 Å². The Bertz CT molecular complexity index is 678. The Morgan fingerprint density at radius 1 is 1.16 bits per heavy atom. The van der Waals surface area contributed by atoms with E-state index in [2.05, 4.69) is 29.0 Å². The highest BCUT2D eigenvalue weighted by Crippen LogP contribution is 2.14. The lowest BCUT2D eigenvalue weighted by molar-refractivity contribution is -0.0704. The summed E-state index contributed by atoms with van der Waals surface area (Å²) in [6, 6.07) is 13.5. The number of hydrogen-bond acceptors (Lipinski definition) is 4. The second-order valence-corrected chi connectivity index (χ2v) is 6.65. The molecule has 1 amide bonds. The third kappa shape index (κ3) is 5.11. The van der Waals surface area contributed by atoms with Crippen LogP contribution in [-0.2, 0) is 17.8 Å². The minimum Gasteiger partial charge on any atom is -0.373 e. The smallest absolute Gasteiger partial charge is 0.251 e. The average molecular weight is 339 g/mol. The van der Waals surface area contributed by atoms with Gasteiger partial charge in [0.25, 0.3) is 5.91 Å². The van der Waals surface area contributed by atoms with Gasteiger partial charge in [0.15, 0.2) is 0 Å². The molecular weight excluding hydrogens is 314 g/mol. The summed E-state index contributed by atoms with van der Waals surface area (Å²) >= 11 is 0. The second-order valence-electron chi connectivity index (χ2n) is 6.65. The molecule has 1 aliphatic rings. The zero-order valence-electron chi connectivity index (χ0n) is 14.8. The van der Waals surface area contributed by atoms with Crippen molar-refractivity contribution in [2.75, 3.05) is 13.1 Å². The van der Waals surface area contributed by atoms with E-state index in [0.717, 1.165) is 25.3 Å². The molecule has 3 rings (SSSR count). The van der Waals surface area contributed by atoms with Gasteiger partial charge in [0.2, 0.25) is 0 Å². The van der Waals surface area contributed by atoms with E-state index in [1.165, 1.54) is 5.56 Å². The quantitative estimate of drug-likeness (QED) is 0.910. The molecule has 0 aliphatic carbocycles. The Morgan fingerprint density at radius 2 is 1.88 bits per heavy atom. The van der Waals surface area contributed by atoms with Gasteiger partial charge in [-0.1, -0.05) is 18.2 Å². The molecule has 1 aromatic heterocycles. The molecule has 0 saturated carbocycles. The van der Waals surface area contributed by atoms with E-state index >= 15 is 0 Å². The first kappa shape index (κ1) is 17.6. The first-order chi connectivity index (χ1) is 12.1. The maximum absolute atomic E-state index is 12.2.